The average Bonchev–Trinajstić information content (AvgIpc) is 2.81. The fourth-order valence-electron chi connectivity index (χ4n) is 1.50. The number of aromatic nitrogens is 1. The molecule has 2 rings (SSSR count). The van der Waals surface area contributed by atoms with Crippen molar-refractivity contribution in [3.05, 3.63) is 52.9 Å². The Morgan fingerprint density at radius 3 is 3.06 bits per heavy atom. The Bertz CT molecular complexity index is 611. The molecule has 5 heteroatoms. The van der Waals surface area contributed by atoms with Gasteiger partial charge in [-0.15, -0.1) is 0 Å². The third-order valence-electron chi connectivity index (χ3n) is 2.54. The number of carbonyl (C=O) groups is 1. The van der Waals surface area contributed by atoms with Gasteiger partial charge in [0.25, 0.3) is 5.91 Å². The molecule has 0 spiro atoms. The van der Waals surface area contributed by atoms with E-state index in [2.05, 4.69) is 10.5 Å². The van der Waals surface area contributed by atoms with Crippen molar-refractivity contribution in [2.75, 3.05) is 0 Å². The van der Waals surface area contributed by atoms with Gasteiger partial charge >= 0.3 is 0 Å². The van der Waals surface area contributed by atoms with Crippen LogP contribution in [-0.4, -0.2) is 11.1 Å². The summed E-state index contributed by atoms with van der Waals surface area (Å²) >= 11 is 0. The molecule has 1 heterocycles. The van der Waals surface area contributed by atoms with E-state index in [-0.39, 0.29) is 5.91 Å². The molecule has 0 unspecified atom stereocenters. The molecular weight excluding hydrogens is 230 g/mol. The molecular formula is C13H11N3O2. The molecule has 1 aromatic carbocycles. The van der Waals surface area contributed by atoms with Crippen LogP contribution in [-0.2, 0) is 6.54 Å². The minimum Gasteiger partial charge on any atom is -0.361 e. The zero-order chi connectivity index (χ0) is 13.0. The zero-order valence-electron chi connectivity index (χ0n) is 9.80. The molecule has 0 aliphatic carbocycles. The van der Waals surface area contributed by atoms with Gasteiger partial charge in [-0.1, -0.05) is 11.2 Å². The topological polar surface area (TPSA) is 78.9 Å². The molecule has 1 amide bonds. The molecule has 0 bridgehead atoms. The molecule has 0 atom stereocenters. The maximum atomic E-state index is 11.8. The number of nitriles is 1. The zero-order valence-corrected chi connectivity index (χ0v) is 9.80. The predicted molar refractivity (Wildman–Crippen MR) is 63.6 cm³/mol. The molecule has 1 N–H and O–H groups in total. The van der Waals surface area contributed by atoms with Gasteiger partial charge in [0, 0.05) is 17.7 Å². The SMILES string of the molecule is Cc1oncc1CNC(=O)c1cccc(C#N)c1. The van der Waals surface area contributed by atoms with Crippen LogP contribution >= 0.6 is 0 Å². The Labute approximate surface area is 104 Å². The van der Waals surface area contributed by atoms with E-state index >= 15 is 0 Å². The van der Waals surface area contributed by atoms with E-state index < -0.39 is 0 Å². The Balaban J connectivity index is 2.04. The van der Waals surface area contributed by atoms with Gasteiger partial charge in [-0.3, -0.25) is 4.79 Å². The molecule has 0 saturated carbocycles. The molecule has 1 aromatic heterocycles. The average molecular weight is 241 g/mol. The maximum Gasteiger partial charge on any atom is 0.251 e. The van der Waals surface area contributed by atoms with Crippen molar-refractivity contribution in [3.63, 3.8) is 0 Å². The molecule has 0 fully saturated rings. The van der Waals surface area contributed by atoms with Crippen molar-refractivity contribution in [2.45, 2.75) is 13.5 Å². The fourth-order valence-corrected chi connectivity index (χ4v) is 1.50. The Kier molecular flexibility index (Phi) is 3.39. The van der Waals surface area contributed by atoms with Gasteiger partial charge < -0.3 is 9.84 Å². The second-order valence-corrected chi connectivity index (χ2v) is 3.78. The lowest BCUT2D eigenvalue weighted by molar-refractivity contribution is 0.0951. The summed E-state index contributed by atoms with van der Waals surface area (Å²) in [4.78, 5) is 11.8. The van der Waals surface area contributed by atoms with Crippen LogP contribution in [0.5, 0.6) is 0 Å². The van der Waals surface area contributed by atoms with Crippen LogP contribution in [0.15, 0.2) is 35.0 Å². The maximum absolute atomic E-state index is 11.8. The van der Waals surface area contributed by atoms with Gasteiger partial charge in [-0.25, -0.2) is 0 Å². The van der Waals surface area contributed by atoms with Crippen molar-refractivity contribution < 1.29 is 9.32 Å². The monoisotopic (exact) mass is 241 g/mol. The second kappa shape index (κ2) is 5.15. The third-order valence-corrected chi connectivity index (χ3v) is 2.54. The number of hydrogen-bond acceptors (Lipinski definition) is 4. The molecule has 0 aliphatic heterocycles. The number of amides is 1. The van der Waals surface area contributed by atoms with Crippen molar-refractivity contribution >= 4 is 5.91 Å². The van der Waals surface area contributed by atoms with Gasteiger partial charge in [0.1, 0.15) is 5.76 Å². The molecule has 2 aromatic rings. The Hall–Kier alpha value is -2.61. The summed E-state index contributed by atoms with van der Waals surface area (Å²) in [6.45, 7) is 2.13. The normalized spacial score (nSPS) is 9.78. The van der Waals surface area contributed by atoms with Gasteiger partial charge in [0.05, 0.1) is 17.8 Å². The van der Waals surface area contributed by atoms with Crippen LogP contribution in [0.25, 0.3) is 0 Å². The highest BCUT2D eigenvalue weighted by Crippen LogP contribution is 2.07. The number of nitrogens with one attached hydrogen (secondary N) is 1. The van der Waals surface area contributed by atoms with E-state index in [4.69, 9.17) is 9.78 Å². The number of rotatable bonds is 3. The summed E-state index contributed by atoms with van der Waals surface area (Å²) in [6, 6.07) is 8.54. The second-order valence-electron chi connectivity index (χ2n) is 3.78. The number of nitrogens with zero attached hydrogens (tertiary/aromatic N) is 2. The van der Waals surface area contributed by atoms with Gasteiger partial charge in [-0.05, 0) is 25.1 Å². The standard InChI is InChI=1S/C13H11N3O2/c1-9-12(8-16-18-9)7-15-13(17)11-4-2-3-10(5-11)6-14/h2-5,8H,7H2,1H3,(H,15,17). The number of benzene rings is 1. The first-order valence-electron chi connectivity index (χ1n) is 5.39. The summed E-state index contributed by atoms with van der Waals surface area (Å²) < 4.78 is 4.89. The van der Waals surface area contributed by atoms with Crippen LogP contribution in [0.1, 0.15) is 27.2 Å². The van der Waals surface area contributed by atoms with E-state index in [0.717, 1.165) is 5.56 Å². The Morgan fingerprint density at radius 1 is 1.56 bits per heavy atom. The smallest absolute Gasteiger partial charge is 0.251 e. The quantitative estimate of drug-likeness (QED) is 0.888. The van der Waals surface area contributed by atoms with Gasteiger partial charge in [0.15, 0.2) is 0 Å². The van der Waals surface area contributed by atoms with Crippen LogP contribution in [0, 0.1) is 18.3 Å². The van der Waals surface area contributed by atoms with Gasteiger partial charge in [-0.2, -0.15) is 5.26 Å². The van der Waals surface area contributed by atoms with Crippen molar-refractivity contribution in [1.29, 1.82) is 5.26 Å². The summed E-state index contributed by atoms with van der Waals surface area (Å²) in [6.07, 6.45) is 1.57. The van der Waals surface area contributed by atoms with Crippen molar-refractivity contribution in [1.82, 2.24) is 10.5 Å². The van der Waals surface area contributed by atoms with Gasteiger partial charge in [0.2, 0.25) is 0 Å². The summed E-state index contributed by atoms with van der Waals surface area (Å²) in [5.74, 6) is 0.453. The minimum atomic E-state index is -0.229. The minimum absolute atomic E-state index is 0.229. The van der Waals surface area contributed by atoms with E-state index in [0.29, 0.717) is 23.4 Å². The van der Waals surface area contributed by atoms with E-state index in [1.807, 2.05) is 6.07 Å². The molecule has 5 nitrogen and oxygen atoms in total. The summed E-state index contributed by atoms with van der Waals surface area (Å²) in [7, 11) is 0. The molecule has 18 heavy (non-hydrogen) atoms. The molecule has 0 saturated heterocycles. The molecule has 90 valence electrons. The van der Waals surface area contributed by atoms with Crippen LogP contribution < -0.4 is 5.32 Å². The molecule has 0 aliphatic rings. The highest BCUT2D eigenvalue weighted by Gasteiger charge is 2.08. The lowest BCUT2D eigenvalue weighted by Crippen LogP contribution is -2.22. The Morgan fingerprint density at radius 2 is 2.39 bits per heavy atom. The number of carbonyl (C=O) groups excluding carboxylic acids is 1. The largest absolute Gasteiger partial charge is 0.361 e. The van der Waals surface area contributed by atoms with E-state index in [1.54, 1.807) is 37.4 Å². The van der Waals surface area contributed by atoms with Crippen molar-refractivity contribution in [3.8, 4) is 6.07 Å². The van der Waals surface area contributed by atoms with Crippen LogP contribution in [0.4, 0.5) is 0 Å². The highest BCUT2D eigenvalue weighted by molar-refractivity contribution is 5.94. The highest BCUT2D eigenvalue weighted by atomic mass is 16.5. The predicted octanol–water partition coefficient (Wildman–Crippen LogP) is 1.78. The van der Waals surface area contributed by atoms with Crippen LogP contribution in [0.3, 0.4) is 0 Å². The lowest BCUT2D eigenvalue weighted by Gasteiger charge is -2.04. The molecule has 0 radical (unpaired) electrons. The third kappa shape index (κ3) is 2.55. The van der Waals surface area contributed by atoms with Crippen molar-refractivity contribution in [2.24, 2.45) is 0 Å². The summed E-state index contributed by atoms with van der Waals surface area (Å²) in [5, 5.41) is 15.1. The first-order chi connectivity index (χ1) is 8.70. The fraction of sp³-hybridized carbons (Fsp3) is 0.154. The number of aryl methyl sites for hydroxylation is 1. The summed E-state index contributed by atoms with van der Waals surface area (Å²) in [5.41, 5.74) is 1.76. The van der Waals surface area contributed by atoms with Crippen LogP contribution in [0.2, 0.25) is 0 Å². The first-order valence-corrected chi connectivity index (χ1v) is 5.39. The van der Waals surface area contributed by atoms with E-state index in [1.165, 1.54) is 0 Å². The van der Waals surface area contributed by atoms with E-state index in [9.17, 15) is 4.79 Å². The number of hydrogen-bond donors (Lipinski definition) is 1. The lowest BCUT2D eigenvalue weighted by atomic mass is 10.1. The first kappa shape index (κ1) is 11.9.